The minimum Gasteiger partial charge on any atom is -0.396 e. The number of nitrogens with zero attached hydrogens (tertiary/aromatic N) is 2. The highest BCUT2D eigenvalue weighted by Crippen LogP contribution is 2.26. The standard InChI is InChI=1S/C14H12FN3S/c15-12-3-1-2-10(6-12)7-18-8-13(16)14(17-18)11-4-5-19-9-11/h1-6,8-9H,7,16H2. The van der Waals surface area contributed by atoms with Gasteiger partial charge in [-0.1, -0.05) is 12.1 Å². The van der Waals surface area contributed by atoms with Gasteiger partial charge in [-0.05, 0) is 29.1 Å². The summed E-state index contributed by atoms with van der Waals surface area (Å²) in [7, 11) is 0. The second-order valence-electron chi connectivity index (χ2n) is 4.27. The number of aromatic nitrogens is 2. The average molecular weight is 273 g/mol. The maximum Gasteiger partial charge on any atom is 0.123 e. The van der Waals surface area contributed by atoms with Gasteiger partial charge in [-0.25, -0.2) is 4.39 Å². The van der Waals surface area contributed by atoms with Crippen molar-refractivity contribution in [2.75, 3.05) is 5.73 Å². The van der Waals surface area contributed by atoms with Gasteiger partial charge in [0.25, 0.3) is 0 Å². The molecule has 3 rings (SSSR count). The molecule has 0 saturated heterocycles. The normalized spacial score (nSPS) is 10.8. The zero-order valence-electron chi connectivity index (χ0n) is 10.1. The van der Waals surface area contributed by atoms with E-state index in [2.05, 4.69) is 5.10 Å². The van der Waals surface area contributed by atoms with Crippen LogP contribution in [0.2, 0.25) is 0 Å². The summed E-state index contributed by atoms with van der Waals surface area (Å²) in [5.41, 5.74) is 9.25. The number of hydrogen-bond acceptors (Lipinski definition) is 3. The highest BCUT2D eigenvalue weighted by molar-refractivity contribution is 7.08. The summed E-state index contributed by atoms with van der Waals surface area (Å²) < 4.78 is 14.9. The molecule has 0 aliphatic carbocycles. The van der Waals surface area contributed by atoms with Gasteiger partial charge in [-0.3, -0.25) is 4.68 Å². The minimum absolute atomic E-state index is 0.240. The van der Waals surface area contributed by atoms with Crippen molar-refractivity contribution >= 4 is 17.0 Å². The lowest BCUT2D eigenvalue weighted by Gasteiger charge is -2.01. The van der Waals surface area contributed by atoms with E-state index < -0.39 is 0 Å². The van der Waals surface area contributed by atoms with E-state index in [0.717, 1.165) is 16.8 Å². The fourth-order valence-corrected chi connectivity index (χ4v) is 2.60. The van der Waals surface area contributed by atoms with Gasteiger partial charge in [0.2, 0.25) is 0 Å². The van der Waals surface area contributed by atoms with Crippen LogP contribution in [0.3, 0.4) is 0 Å². The molecule has 0 amide bonds. The summed E-state index contributed by atoms with van der Waals surface area (Å²) in [4.78, 5) is 0. The van der Waals surface area contributed by atoms with Gasteiger partial charge in [-0.15, -0.1) is 0 Å². The van der Waals surface area contributed by atoms with E-state index in [1.807, 2.05) is 22.9 Å². The Morgan fingerprint density at radius 2 is 2.21 bits per heavy atom. The fraction of sp³-hybridized carbons (Fsp3) is 0.0714. The van der Waals surface area contributed by atoms with Gasteiger partial charge < -0.3 is 5.73 Å². The first-order valence-electron chi connectivity index (χ1n) is 5.82. The fourth-order valence-electron chi connectivity index (χ4n) is 1.96. The number of halogens is 1. The molecule has 0 atom stereocenters. The third kappa shape index (κ3) is 2.51. The third-order valence-corrected chi connectivity index (χ3v) is 3.50. The number of benzene rings is 1. The second-order valence-corrected chi connectivity index (χ2v) is 5.05. The zero-order valence-corrected chi connectivity index (χ0v) is 10.9. The Balaban J connectivity index is 1.89. The predicted octanol–water partition coefficient (Wildman–Crippen LogP) is 3.38. The monoisotopic (exact) mass is 273 g/mol. The Kier molecular flexibility index (Phi) is 3.05. The molecule has 0 radical (unpaired) electrons. The van der Waals surface area contributed by atoms with Crippen LogP contribution in [0.4, 0.5) is 10.1 Å². The van der Waals surface area contributed by atoms with Crippen LogP contribution in [-0.2, 0) is 6.54 Å². The molecule has 3 nitrogen and oxygen atoms in total. The van der Waals surface area contributed by atoms with E-state index >= 15 is 0 Å². The van der Waals surface area contributed by atoms with E-state index in [9.17, 15) is 4.39 Å². The van der Waals surface area contributed by atoms with Gasteiger partial charge >= 0.3 is 0 Å². The summed E-state index contributed by atoms with van der Waals surface area (Å²) in [5.74, 6) is -0.240. The molecule has 5 heteroatoms. The number of rotatable bonds is 3. The molecule has 0 saturated carbocycles. The molecule has 0 unspecified atom stereocenters. The minimum atomic E-state index is -0.240. The van der Waals surface area contributed by atoms with Gasteiger partial charge in [0.05, 0.1) is 12.2 Å². The van der Waals surface area contributed by atoms with Gasteiger partial charge in [0.1, 0.15) is 11.5 Å². The maximum atomic E-state index is 13.1. The first kappa shape index (κ1) is 11.9. The van der Waals surface area contributed by atoms with Crippen molar-refractivity contribution in [3.05, 3.63) is 58.7 Å². The van der Waals surface area contributed by atoms with Crippen LogP contribution < -0.4 is 5.73 Å². The van der Waals surface area contributed by atoms with Crippen LogP contribution >= 0.6 is 11.3 Å². The number of nitrogens with two attached hydrogens (primary N) is 1. The smallest absolute Gasteiger partial charge is 0.123 e. The number of hydrogen-bond donors (Lipinski definition) is 1. The quantitative estimate of drug-likeness (QED) is 0.795. The molecule has 2 heterocycles. The number of thiophene rings is 1. The molecule has 0 aliphatic rings. The zero-order chi connectivity index (χ0) is 13.2. The molecule has 0 aliphatic heterocycles. The maximum absolute atomic E-state index is 13.1. The largest absolute Gasteiger partial charge is 0.396 e. The molecule has 2 N–H and O–H groups in total. The van der Waals surface area contributed by atoms with Gasteiger partial charge in [-0.2, -0.15) is 16.4 Å². The topological polar surface area (TPSA) is 43.8 Å². The molecule has 2 aromatic heterocycles. The average Bonchev–Trinajstić information content (AvgIpc) is 2.98. The van der Waals surface area contributed by atoms with Crippen LogP contribution in [0.25, 0.3) is 11.3 Å². The SMILES string of the molecule is Nc1cn(Cc2cccc(F)c2)nc1-c1ccsc1. The predicted molar refractivity (Wildman–Crippen MR) is 75.5 cm³/mol. The molecule has 3 aromatic rings. The van der Waals surface area contributed by atoms with Crippen LogP contribution in [0, 0.1) is 5.82 Å². The summed E-state index contributed by atoms with van der Waals surface area (Å²) in [6, 6.07) is 8.47. The molecule has 0 spiro atoms. The lowest BCUT2D eigenvalue weighted by atomic mass is 10.2. The molecule has 19 heavy (non-hydrogen) atoms. The first-order chi connectivity index (χ1) is 9.22. The Hall–Kier alpha value is -2.14. The number of anilines is 1. The summed E-state index contributed by atoms with van der Waals surface area (Å²) in [6.45, 7) is 0.506. The van der Waals surface area contributed by atoms with Crippen LogP contribution in [0.1, 0.15) is 5.56 Å². The summed E-state index contributed by atoms with van der Waals surface area (Å²) in [6.07, 6.45) is 1.78. The van der Waals surface area contributed by atoms with Gasteiger partial charge in [0, 0.05) is 17.1 Å². The number of nitrogen functional groups attached to an aromatic ring is 1. The third-order valence-electron chi connectivity index (χ3n) is 2.82. The summed E-state index contributed by atoms with van der Waals surface area (Å²) >= 11 is 1.60. The Morgan fingerprint density at radius 1 is 1.32 bits per heavy atom. The van der Waals surface area contributed by atoms with E-state index in [4.69, 9.17) is 5.73 Å². The van der Waals surface area contributed by atoms with Crippen LogP contribution in [0.5, 0.6) is 0 Å². The summed E-state index contributed by atoms with van der Waals surface area (Å²) in [5, 5.41) is 8.44. The van der Waals surface area contributed by atoms with Crippen molar-refractivity contribution in [2.45, 2.75) is 6.54 Å². The highest BCUT2D eigenvalue weighted by atomic mass is 32.1. The van der Waals surface area contributed by atoms with Crippen LogP contribution in [0.15, 0.2) is 47.3 Å². The van der Waals surface area contributed by atoms with Crippen molar-refractivity contribution in [3.63, 3.8) is 0 Å². The van der Waals surface area contributed by atoms with Crippen molar-refractivity contribution < 1.29 is 4.39 Å². The van der Waals surface area contributed by atoms with Crippen molar-refractivity contribution in [2.24, 2.45) is 0 Å². The first-order valence-corrected chi connectivity index (χ1v) is 6.76. The highest BCUT2D eigenvalue weighted by Gasteiger charge is 2.09. The van der Waals surface area contributed by atoms with Crippen molar-refractivity contribution in [1.82, 2.24) is 9.78 Å². The Bertz CT molecular complexity index is 689. The second kappa shape index (κ2) is 4.85. The Morgan fingerprint density at radius 3 is 2.95 bits per heavy atom. The Labute approximate surface area is 114 Å². The molecular formula is C14H12FN3S. The van der Waals surface area contributed by atoms with Crippen LogP contribution in [-0.4, -0.2) is 9.78 Å². The molecule has 96 valence electrons. The van der Waals surface area contributed by atoms with Gasteiger partial charge in [0.15, 0.2) is 0 Å². The van der Waals surface area contributed by atoms with E-state index in [1.165, 1.54) is 12.1 Å². The van der Waals surface area contributed by atoms with E-state index in [1.54, 1.807) is 28.3 Å². The van der Waals surface area contributed by atoms with Crippen molar-refractivity contribution in [1.29, 1.82) is 0 Å². The molecule has 0 bridgehead atoms. The van der Waals surface area contributed by atoms with E-state index in [-0.39, 0.29) is 5.82 Å². The molecule has 0 fully saturated rings. The molecular weight excluding hydrogens is 261 g/mol. The van der Waals surface area contributed by atoms with E-state index in [0.29, 0.717) is 12.2 Å². The molecule has 1 aromatic carbocycles. The van der Waals surface area contributed by atoms with Crippen molar-refractivity contribution in [3.8, 4) is 11.3 Å². The lowest BCUT2D eigenvalue weighted by molar-refractivity contribution is 0.619. The lowest BCUT2D eigenvalue weighted by Crippen LogP contribution is -2.00.